The van der Waals surface area contributed by atoms with Gasteiger partial charge in [0.15, 0.2) is 9.84 Å². The van der Waals surface area contributed by atoms with Crippen molar-refractivity contribution >= 4 is 26.8 Å². The predicted molar refractivity (Wildman–Crippen MR) is 94.4 cm³/mol. The van der Waals surface area contributed by atoms with E-state index in [-0.39, 0.29) is 24.2 Å². The molecule has 8 heteroatoms. The Labute approximate surface area is 142 Å². The lowest BCUT2D eigenvalue weighted by atomic mass is 10.3. The van der Waals surface area contributed by atoms with Gasteiger partial charge in [-0.3, -0.25) is 4.79 Å². The molecule has 0 aliphatic heterocycles. The number of nitrogens with one attached hydrogen (secondary N) is 2. The van der Waals surface area contributed by atoms with Crippen LogP contribution >= 0.6 is 0 Å². The fraction of sp³-hybridized carbons (Fsp3) is 0.500. The number of para-hydroxylation sites is 2. The van der Waals surface area contributed by atoms with Crippen molar-refractivity contribution in [3.63, 3.8) is 0 Å². The largest absolute Gasteiger partial charge is 0.353 e. The number of benzene rings is 1. The minimum absolute atomic E-state index is 0.0458. The molecule has 0 saturated heterocycles. The summed E-state index contributed by atoms with van der Waals surface area (Å²) in [5.74, 6) is 0.0224. The Kier molecular flexibility index (Phi) is 5.95. The van der Waals surface area contributed by atoms with Gasteiger partial charge in [0.2, 0.25) is 5.91 Å². The number of amides is 1. The Bertz CT molecular complexity index is 814. The first-order valence-electron chi connectivity index (χ1n) is 7.92. The smallest absolute Gasteiger partial charge is 0.240 e. The molecule has 132 valence electrons. The number of sulfone groups is 1. The van der Waals surface area contributed by atoms with Crippen molar-refractivity contribution in [1.82, 2.24) is 20.2 Å². The summed E-state index contributed by atoms with van der Waals surface area (Å²) >= 11 is 0. The Morgan fingerprint density at radius 1 is 1.33 bits per heavy atom. The van der Waals surface area contributed by atoms with Gasteiger partial charge in [0.05, 0.1) is 11.0 Å². The lowest BCUT2D eigenvalue weighted by Crippen LogP contribution is -2.40. The van der Waals surface area contributed by atoms with Crippen LogP contribution in [0.4, 0.5) is 0 Å². The maximum atomic E-state index is 12.2. The SMILES string of the molecule is CCN[C@H](C)CNC(=O)Cn1c(CS(C)(=O)=O)nc2ccccc21. The summed E-state index contributed by atoms with van der Waals surface area (Å²) in [6.45, 7) is 5.39. The second-order valence-electron chi connectivity index (χ2n) is 5.94. The van der Waals surface area contributed by atoms with Crippen molar-refractivity contribution in [3.8, 4) is 0 Å². The summed E-state index contributed by atoms with van der Waals surface area (Å²) in [6.07, 6.45) is 1.16. The summed E-state index contributed by atoms with van der Waals surface area (Å²) < 4.78 is 25.0. The highest BCUT2D eigenvalue weighted by atomic mass is 32.2. The zero-order valence-electron chi connectivity index (χ0n) is 14.2. The van der Waals surface area contributed by atoms with Crippen LogP contribution in [0.25, 0.3) is 11.0 Å². The number of fused-ring (bicyclic) bond motifs is 1. The molecule has 0 unspecified atom stereocenters. The molecular weight excluding hydrogens is 328 g/mol. The van der Waals surface area contributed by atoms with Crippen molar-refractivity contribution in [2.45, 2.75) is 32.2 Å². The number of likely N-dealkylation sites (N-methyl/N-ethyl adjacent to an activating group) is 1. The highest BCUT2D eigenvalue weighted by Crippen LogP contribution is 2.17. The first kappa shape index (κ1) is 18.4. The molecule has 0 saturated carbocycles. The lowest BCUT2D eigenvalue weighted by Gasteiger charge is -2.14. The van der Waals surface area contributed by atoms with Gasteiger partial charge in [-0.05, 0) is 25.6 Å². The minimum Gasteiger partial charge on any atom is -0.353 e. The summed E-state index contributed by atoms with van der Waals surface area (Å²) in [5, 5.41) is 6.08. The number of aromatic nitrogens is 2. The maximum absolute atomic E-state index is 12.2. The lowest BCUT2D eigenvalue weighted by molar-refractivity contribution is -0.121. The summed E-state index contributed by atoms with van der Waals surface area (Å²) in [4.78, 5) is 16.6. The van der Waals surface area contributed by atoms with Crippen LogP contribution in [0.1, 0.15) is 19.7 Å². The molecule has 0 bridgehead atoms. The highest BCUT2D eigenvalue weighted by molar-refractivity contribution is 7.89. The minimum atomic E-state index is -3.24. The van der Waals surface area contributed by atoms with Crippen molar-refractivity contribution in [3.05, 3.63) is 30.1 Å². The van der Waals surface area contributed by atoms with E-state index in [1.54, 1.807) is 4.57 Å². The van der Waals surface area contributed by atoms with E-state index >= 15 is 0 Å². The second kappa shape index (κ2) is 7.76. The monoisotopic (exact) mass is 352 g/mol. The molecule has 0 fully saturated rings. The molecule has 2 rings (SSSR count). The van der Waals surface area contributed by atoms with E-state index in [4.69, 9.17) is 0 Å². The van der Waals surface area contributed by atoms with Crippen LogP contribution in [0.2, 0.25) is 0 Å². The Morgan fingerprint density at radius 3 is 2.71 bits per heavy atom. The van der Waals surface area contributed by atoms with Gasteiger partial charge in [-0.15, -0.1) is 0 Å². The molecule has 1 heterocycles. The summed E-state index contributed by atoms with van der Waals surface area (Å²) in [7, 11) is -3.24. The molecular formula is C16H24N4O3S. The van der Waals surface area contributed by atoms with E-state index < -0.39 is 9.84 Å². The molecule has 2 aromatic rings. The average molecular weight is 352 g/mol. The zero-order valence-corrected chi connectivity index (χ0v) is 15.1. The normalized spacial score (nSPS) is 13.1. The van der Waals surface area contributed by atoms with Gasteiger partial charge in [0.1, 0.15) is 18.1 Å². The van der Waals surface area contributed by atoms with Gasteiger partial charge in [-0.25, -0.2) is 13.4 Å². The molecule has 0 aliphatic rings. The average Bonchev–Trinajstić information content (AvgIpc) is 2.81. The second-order valence-corrected chi connectivity index (χ2v) is 8.08. The topological polar surface area (TPSA) is 93.1 Å². The first-order valence-corrected chi connectivity index (χ1v) is 9.98. The van der Waals surface area contributed by atoms with Crippen LogP contribution in [0, 0.1) is 0 Å². The number of carbonyl (C=O) groups is 1. The van der Waals surface area contributed by atoms with E-state index in [9.17, 15) is 13.2 Å². The number of hydrogen-bond acceptors (Lipinski definition) is 5. The Morgan fingerprint density at radius 2 is 2.04 bits per heavy atom. The molecule has 7 nitrogen and oxygen atoms in total. The molecule has 0 spiro atoms. The number of rotatable bonds is 8. The van der Waals surface area contributed by atoms with E-state index in [1.165, 1.54) is 0 Å². The van der Waals surface area contributed by atoms with Gasteiger partial charge >= 0.3 is 0 Å². The number of nitrogens with zero attached hydrogens (tertiary/aromatic N) is 2. The molecule has 1 amide bonds. The zero-order chi connectivity index (χ0) is 17.7. The molecule has 1 aromatic carbocycles. The first-order chi connectivity index (χ1) is 11.3. The Hall–Kier alpha value is -1.93. The quantitative estimate of drug-likeness (QED) is 0.729. The summed E-state index contributed by atoms with van der Waals surface area (Å²) in [5.41, 5.74) is 1.44. The van der Waals surface area contributed by atoms with Gasteiger partial charge < -0.3 is 15.2 Å². The van der Waals surface area contributed by atoms with Crippen molar-refractivity contribution in [2.24, 2.45) is 0 Å². The van der Waals surface area contributed by atoms with E-state index in [1.807, 2.05) is 38.1 Å². The standard InChI is InChI=1S/C16H24N4O3S/c1-4-17-12(2)9-18-16(21)10-20-14-8-6-5-7-13(14)19-15(20)11-24(3,22)23/h5-8,12,17H,4,9-11H2,1-3H3,(H,18,21)/t12-/m1/s1. The fourth-order valence-corrected chi connectivity index (χ4v) is 3.22. The van der Waals surface area contributed by atoms with E-state index in [2.05, 4.69) is 15.6 Å². The van der Waals surface area contributed by atoms with Crippen LogP contribution in [0.3, 0.4) is 0 Å². The van der Waals surface area contributed by atoms with Crippen LogP contribution in [-0.4, -0.2) is 49.3 Å². The van der Waals surface area contributed by atoms with Crippen molar-refractivity contribution in [2.75, 3.05) is 19.3 Å². The molecule has 1 aromatic heterocycles. The van der Waals surface area contributed by atoms with Gasteiger partial charge in [-0.1, -0.05) is 19.1 Å². The molecule has 0 radical (unpaired) electrons. The third-order valence-corrected chi connectivity index (χ3v) is 4.37. The number of carbonyl (C=O) groups excluding carboxylic acids is 1. The van der Waals surface area contributed by atoms with Crippen LogP contribution in [0.5, 0.6) is 0 Å². The van der Waals surface area contributed by atoms with E-state index in [0.29, 0.717) is 17.9 Å². The van der Waals surface area contributed by atoms with Crippen molar-refractivity contribution in [1.29, 1.82) is 0 Å². The predicted octanol–water partition coefficient (Wildman–Crippen LogP) is 0.695. The third kappa shape index (κ3) is 5.04. The van der Waals surface area contributed by atoms with Crippen LogP contribution < -0.4 is 10.6 Å². The summed E-state index contributed by atoms with van der Waals surface area (Å²) in [6, 6.07) is 7.50. The maximum Gasteiger partial charge on any atom is 0.240 e. The number of hydrogen-bond donors (Lipinski definition) is 2. The van der Waals surface area contributed by atoms with Crippen LogP contribution in [0.15, 0.2) is 24.3 Å². The Balaban J connectivity index is 2.20. The fourth-order valence-electron chi connectivity index (χ4n) is 2.53. The number of imidazole rings is 1. The van der Waals surface area contributed by atoms with E-state index in [0.717, 1.165) is 18.3 Å². The highest BCUT2D eigenvalue weighted by Gasteiger charge is 2.17. The molecule has 24 heavy (non-hydrogen) atoms. The van der Waals surface area contributed by atoms with Gasteiger partial charge in [0, 0.05) is 18.8 Å². The third-order valence-electron chi connectivity index (χ3n) is 3.58. The van der Waals surface area contributed by atoms with Crippen LogP contribution in [-0.2, 0) is 26.9 Å². The van der Waals surface area contributed by atoms with Gasteiger partial charge in [0.25, 0.3) is 0 Å². The molecule has 0 aliphatic carbocycles. The molecule has 1 atom stereocenters. The van der Waals surface area contributed by atoms with Crippen molar-refractivity contribution < 1.29 is 13.2 Å². The molecule has 2 N–H and O–H groups in total. The van der Waals surface area contributed by atoms with Gasteiger partial charge in [-0.2, -0.15) is 0 Å².